The molecule has 1 fully saturated rings. The second-order valence-corrected chi connectivity index (χ2v) is 6.10. The van der Waals surface area contributed by atoms with Crippen LogP contribution in [-0.4, -0.2) is 42.2 Å². The molecule has 1 N–H and O–H groups in total. The van der Waals surface area contributed by atoms with Crippen LogP contribution in [-0.2, 0) is 0 Å². The van der Waals surface area contributed by atoms with Gasteiger partial charge in [0, 0.05) is 31.3 Å². The van der Waals surface area contributed by atoms with Crippen LogP contribution in [0.4, 0.5) is 8.78 Å². The highest BCUT2D eigenvalue weighted by Crippen LogP contribution is 2.32. The molecule has 0 aliphatic heterocycles. The molecule has 0 saturated heterocycles. The number of phenols is 1. The van der Waals surface area contributed by atoms with Crippen LogP contribution < -0.4 is 0 Å². The second kappa shape index (κ2) is 6.62. The fraction of sp³-hybridized carbons (Fsp3) is 0.222. The van der Waals surface area contributed by atoms with Crippen LogP contribution in [0, 0.1) is 0 Å². The van der Waals surface area contributed by atoms with E-state index >= 15 is 0 Å². The van der Waals surface area contributed by atoms with Crippen LogP contribution in [0.25, 0.3) is 23.2 Å². The highest BCUT2D eigenvalue weighted by molar-refractivity contribution is 5.66. The van der Waals surface area contributed by atoms with E-state index in [1.807, 2.05) is 0 Å². The van der Waals surface area contributed by atoms with Crippen LogP contribution >= 0.6 is 0 Å². The third-order valence-corrected chi connectivity index (χ3v) is 4.26. The van der Waals surface area contributed by atoms with Gasteiger partial charge in [0.15, 0.2) is 5.82 Å². The number of benzene rings is 1. The molecular weight excluding hydrogens is 340 g/mol. The number of imidazole rings is 1. The Bertz CT molecular complexity index is 941. The summed E-state index contributed by atoms with van der Waals surface area (Å²) >= 11 is 0. The maximum absolute atomic E-state index is 13.7. The van der Waals surface area contributed by atoms with E-state index in [0.717, 1.165) is 5.69 Å². The lowest BCUT2D eigenvalue weighted by Gasteiger charge is -2.07. The summed E-state index contributed by atoms with van der Waals surface area (Å²) in [6, 6.07) is 5.05. The topological polar surface area (TPSA) is 76.7 Å². The number of hydrogen-bond donors (Lipinski definition) is 1. The van der Waals surface area contributed by atoms with E-state index in [9.17, 15) is 13.9 Å². The Hall–Kier alpha value is -3.16. The van der Waals surface area contributed by atoms with Gasteiger partial charge in [-0.15, -0.1) is 10.2 Å². The zero-order chi connectivity index (χ0) is 18.1. The standard InChI is InChI=1S/C18H15F2N5O/c19-12-5-11(16(20)7-12)6-13-9-22-18(24-23-13)15-2-1-14(8-17(15)26)25-4-3-21-10-25/h1-4,6,8-10,12,16,26H,5,7H2/b11-6+/t12-,16-/m1/s1. The van der Waals surface area contributed by atoms with Crippen molar-refractivity contribution < 1.29 is 13.9 Å². The summed E-state index contributed by atoms with van der Waals surface area (Å²) in [5.41, 5.74) is 1.89. The number of aromatic nitrogens is 5. The lowest BCUT2D eigenvalue weighted by molar-refractivity contribution is 0.298. The predicted molar refractivity (Wildman–Crippen MR) is 91.1 cm³/mol. The number of halogens is 2. The molecule has 1 aliphatic rings. The maximum Gasteiger partial charge on any atom is 0.185 e. The van der Waals surface area contributed by atoms with Crippen molar-refractivity contribution in [3.05, 3.63) is 54.4 Å². The molecule has 26 heavy (non-hydrogen) atoms. The van der Waals surface area contributed by atoms with E-state index < -0.39 is 12.3 Å². The number of aromatic hydroxyl groups is 1. The first-order chi connectivity index (χ1) is 12.6. The van der Waals surface area contributed by atoms with E-state index in [2.05, 4.69) is 20.2 Å². The molecule has 4 rings (SSSR count). The predicted octanol–water partition coefficient (Wildman–Crippen LogP) is 3.28. The van der Waals surface area contributed by atoms with Crippen molar-refractivity contribution in [2.75, 3.05) is 0 Å². The Morgan fingerprint density at radius 3 is 2.73 bits per heavy atom. The average molecular weight is 355 g/mol. The van der Waals surface area contributed by atoms with Crippen molar-refractivity contribution in [3.8, 4) is 22.8 Å². The van der Waals surface area contributed by atoms with Crippen LogP contribution in [0.2, 0.25) is 0 Å². The molecule has 1 saturated carbocycles. The minimum absolute atomic E-state index is 0.00370. The smallest absolute Gasteiger partial charge is 0.185 e. The van der Waals surface area contributed by atoms with Gasteiger partial charge in [0.1, 0.15) is 23.8 Å². The number of nitrogens with zero attached hydrogens (tertiary/aromatic N) is 5. The third-order valence-electron chi connectivity index (χ3n) is 4.26. The molecular formula is C18H15F2N5O. The van der Waals surface area contributed by atoms with Gasteiger partial charge in [0.2, 0.25) is 0 Å². The second-order valence-electron chi connectivity index (χ2n) is 6.10. The zero-order valence-corrected chi connectivity index (χ0v) is 13.6. The van der Waals surface area contributed by atoms with Crippen molar-refractivity contribution in [1.82, 2.24) is 24.7 Å². The van der Waals surface area contributed by atoms with Crippen molar-refractivity contribution in [2.45, 2.75) is 25.2 Å². The van der Waals surface area contributed by atoms with Gasteiger partial charge in [0.05, 0.1) is 23.8 Å². The molecule has 8 heteroatoms. The number of rotatable bonds is 3. The van der Waals surface area contributed by atoms with Crippen molar-refractivity contribution in [3.63, 3.8) is 0 Å². The molecule has 3 aromatic rings. The maximum atomic E-state index is 13.7. The fourth-order valence-corrected chi connectivity index (χ4v) is 2.94. The molecule has 132 valence electrons. The van der Waals surface area contributed by atoms with Gasteiger partial charge in [-0.1, -0.05) is 0 Å². The quantitative estimate of drug-likeness (QED) is 0.780. The summed E-state index contributed by atoms with van der Waals surface area (Å²) in [6.45, 7) is 0. The first-order valence-corrected chi connectivity index (χ1v) is 8.10. The lowest BCUT2D eigenvalue weighted by atomic mass is 10.1. The molecule has 1 aliphatic carbocycles. The Labute approximate surface area is 147 Å². The van der Waals surface area contributed by atoms with E-state index in [-0.39, 0.29) is 24.4 Å². The summed E-state index contributed by atoms with van der Waals surface area (Å²) in [5, 5.41) is 18.2. The molecule has 0 amide bonds. The van der Waals surface area contributed by atoms with Gasteiger partial charge in [0.25, 0.3) is 0 Å². The van der Waals surface area contributed by atoms with E-state index in [0.29, 0.717) is 16.8 Å². The Morgan fingerprint density at radius 1 is 1.23 bits per heavy atom. The van der Waals surface area contributed by atoms with Gasteiger partial charge in [-0.3, -0.25) is 0 Å². The number of alkyl halides is 2. The Morgan fingerprint density at radius 2 is 2.12 bits per heavy atom. The summed E-state index contributed by atoms with van der Waals surface area (Å²) in [5.74, 6) is 0.248. The first kappa shape index (κ1) is 16.3. The minimum atomic E-state index is -1.29. The summed E-state index contributed by atoms with van der Waals surface area (Å²) < 4.78 is 28.6. The van der Waals surface area contributed by atoms with Gasteiger partial charge < -0.3 is 9.67 Å². The van der Waals surface area contributed by atoms with E-state index in [1.165, 1.54) is 12.3 Å². The van der Waals surface area contributed by atoms with Crippen molar-refractivity contribution in [1.29, 1.82) is 0 Å². The minimum Gasteiger partial charge on any atom is -0.507 e. The number of hydrogen-bond acceptors (Lipinski definition) is 5. The van der Waals surface area contributed by atoms with Crippen molar-refractivity contribution >= 4 is 6.08 Å². The lowest BCUT2D eigenvalue weighted by Crippen LogP contribution is -1.98. The number of phenolic OH excluding ortho intramolecular Hbond substituents is 1. The fourth-order valence-electron chi connectivity index (χ4n) is 2.94. The largest absolute Gasteiger partial charge is 0.507 e. The van der Waals surface area contributed by atoms with Crippen LogP contribution in [0.1, 0.15) is 18.5 Å². The van der Waals surface area contributed by atoms with Gasteiger partial charge >= 0.3 is 0 Å². The molecule has 2 heterocycles. The molecule has 0 bridgehead atoms. The number of allylic oxidation sites excluding steroid dienone is 1. The van der Waals surface area contributed by atoms with Crippen LogP contribution in [0.3, 0.4) is 0 Å². The molecule has 6 nitrogen and oxygen atoms in total. The highest BCUT2D eigenvalue weighted by Gasteiger charge is 2.29. The Balaban J connectivity index is 1.58. The SMILES string of the molecule is Oc1cc(-n2ccnc2)ccc1-c1ncc(/C=C2\C[C@@H](F)C[C@H]2F)nn1. The zero-order valence-electron chi connectivity index (χ0n) is 13.6. The Kier molecular flexibility index (Phi) is 4.16. The average Bonchev–Trinajstić information content (AvgIpc) is 3.26. The van der Waals surface area contributed by atoms with Crippen molar-refractivity contribution in [2.24, 2.45) is 0 Å². The van der Waals surface area contributed by atoms with Gasteiger partial charge in [-0.2, -0.15) is 0 Å². The van der Waals surface area contributed by atoms with Crippen LogP contribution in [0.15, 0.2) is 48.7 Å². The molecule has 1 aromatic carbocycles. The highest BCUT2D eigenvalue weighted by atomic mass is 19.1. The monoisotopic (exact) mass is 355 g/mol. The molecule has 0 unspecified atom stereocenters. The van der Waals surface area contributed by atoms with E-state index in [1.54, 1.807) is 41.5 Å². The third kappa shape index (κ3) is 3.17. The van der Waals surface area contributed by atoms with Gasteiger partial charge in [-0.25, -0.2) is 18.7 Å². The molecule has 0 spiro atoms. The van der Waals surface area contributed by atoms with Crippen LogP contribution in [0.5, 0.6) is 5.75 Å². The first-order valence-electron chi connectivity index (χ1n) is 8.10. The molecule has 0 radical (unpaired) electrons. The molecule has 2 atom stereocenters. The summed E-state index contributed by atoms with van der Waals surface area (Å²) in [7, 11) is 0. The van der Waals surface area contributed by atoms with E-state index in [4.69, 9.17) is 0 Å². The summed E-state index contributed by atoms with van der Waals surface area (Å²) in [6.07, 6.45) is 5.46. The molecule has 2 aromatic heterocycles. The normalized spacial score (nSPS) is 21.4. The van der Waals surface area contributed by atoms with Gasteiger partial charge in [-0.05, 0) is 23.8 Å². The summed E-state index contributed by atoms with van der Waals surface area (Å²) in [4.78, 5) is 8.14.